The average Bonchev–Trinajstić information content (AvgIpc) is 2.95. The molecule has 4 nitrogen and oxygen atoms in total. The van der Waals surface area contributed by atoms with Crippen molar-refractivity contribution >= 4 is 5.78 Å². The van der Waals surface area contributed by atoms with Gasteiger partial charge in [-0.05, 0) is 37.6 Å². The minimum absolute atomic E-state index is 0.0673. The second-order valence-electron chi connectivity index (χ2n) is 4.46. The molecular formula is C15H15N3O. The van der Waals surface area contributed by atoms with Gasteiger partial charge in [0.05, 0.1) is 24.2 Å². The van der Waals surface area contributed by atoms with Crippen molar-refractivity contribution in [3.8, 4) is 6.07 Å². The van der Waals surface area contributed by atoms with Crippen LogP contribution in [0.25, 0.3) is 0 Å². The van der Waals surface area contributed by atoms with Gasteiger partial charge >= 0.3 is 0 Å². The van der Waals surface area contributed by atoms with E-state index in [1.54, 1.807) is 36.8 Å². The molecule has 1 atom stereocenters. The lowest BCUT2D eigenvalue weighted by Crippen LogP contribution is -2.12. The van der Waals surface area contributed by atoms with E-state index in [9.17, 15) is 4.79 Å². The van der Waals surface area contributed by atoms with E-state index in [2.05, 4.69) is 18.8 Å². The highest BCUT2D eigenvalue weighted by Gasteiger charge is 2.16. The number of hydrogen-bond donors (Lipinski definition) is 0. The minimum atomic E-state index is -0.0673. The molecule has 1 unspecified atom stereocenters. The van der Waals surface area contributed by atoms with Crippen molar-refractivity contribution in [3.63, 3.8) is 0 Å². The monoisotopic (exact) mass is 253 g/mol. The van der Waals surface area contributed by atoms with Crippen molar-refractivity contribution in [3.05, 3.63) is 53.6 Å². The van der Waals surface area contributed by atoms with Gasteiger partial charge in [-0.3, -0.25) is 4.79 Å². The van der Waals surface area contributed by atoms with E-state index in [0.717, 1.165) is 6.42 Å². The lowest BCUT2D eigenvalue weighted by Gasteiger charge is -2.13. The van der Waals surface area contributed by atoms with E-state index in [-0.39, 0.29) is 11.8 Å². The number of carbonyl (C=O) groups excluding carboxylic acids is 1. The number of benzene rings is 1. The summed E-state index contributed by atoms with van der Waals surface area (Å²) in [6.45, 7) is 4.12. The van der Waals surface area contributed by atoms with Crippen molar-refractivity contribution < 1.29 is 4.79 Å². The number of imidazole rings is 1. The molecule has 0 radical (unpaired) electrons. The van der Waals surface area contributed by atoms with Crippen LogP contribution < -0.4 is 0 Å². The van der Waals surface area contributed by atoms with Gasteiger partial charge in [0.1, 0.15) is 5.69 Å². The lowest BCUT2D eigenvalue weighted by molar-refractivity contribution is 0.102. The van der Waals surface area contributed by atoms with Gasteiger partial charge in [0, 0.05) is 11.6 Å². The largest absolute Gasteiger partial charge is 0.325 e. The maximum absolute atomic E-state index is 12.4. The molecule has 1 heterocycles. The first-order chi connectivity index (χ1) is 9.17. The normalized spacial score (nSPS) is 11.8. The maximum Gasteiger partial charge on any atom is 0.211 e. The number of rotatable bonds is 4. The Balaban J connectivity index is 2.34. The molecule has 0 amide bonds. The zero-order valence-corrected chi connectivity index (χ0v) is 11.0. The molecule has 0 N–H and O–H groups in total. The molecule has 2 aromatic rings. The number of aromatic nitrogens is 2. The minimum Gasteiger partial charge on any atom is -0.325 e. The number of carbonyl (C=O) groups is 1. The molecule has 2 rings (SSSR count). The zero-order valence-electron chi connectivity index (χ0n) is 11.0. The van der Waals surface area contributed by atoms with E-state index in [1.165, 1.54) is 0 Å². The van der Waals surface area contributed by atoms with E-state index in [1.807, 2.05) is 10.6 Å². The van der Waals surface area contributed by atoms with Crippen molar-refractivity contribution in [1.82, 2.24) is 9.55 Å². The summed E-state index contributed by atoms with van der Waals surface area (Å²) in [6.07, 6.45) is 4.21. The Morgan fingerprint density at radius 1 is 1.42 bits per heavy atom. The molecule has 0 aliphatic carbocycles. The van der Waals surface area contributed by atoms with Crippen molar-refractivity contribution in [2.45, 2.75) is 26.3 Å². The van der Waals surface area contributed by atoms with Crippen LogP contribution in [-0.4, -0.2) is 15.3 Å². The molecule has 0 spiro atoms. The van der Waals surface area contributed by atoms with Gasteiger partial charge in [-0.1, -0.05) is 6.92 Å². The highest BCUT2D eigenvalue weighted by molar-refractivity contribution is 6.07. The fraction of sp³-hybridized carbons (Fsp3) is 0.267. The van der Waals surface area contributed by atoms with Crippen LogP contribution in [0.1, 0.15) is 47.9 Å². The Bertz CT molecular complexity index is 620. The Morgan fingerprint density at radius 2 is 2.11 bits per heavy atom. The van der Waals surface area contributed by atoms with E-state index >= 15 is 0 Å². The summed E-state index contributed by atoms with van der Waals surface area (Å²) in [5.74, 6) is -0.0673. The Kier molecular flexibility index (Phi) is 3.76. The van der Waals surface area contributed by atoms with Crippen LogP contribution in [-0.2, 0) is 0 Å². The van der Waals surface area contributed by atoms with Crippen LogP contribution in [0.3, 0.4) is 0 Å². The summed E-state index contributed by atoms with van der Waals surface area (Å²) in [5.41, 5.74) is 1.70. The zero-order chi connectivity index (χ0) is 13.8. The van der Waals surface area contributed by atoms with E-state index in [4.69, 9.17) is 5.26 Å². The maximum atomic E-state index is 12.4. The van der Waals surface area contributed by atoms with E-state index < -0.39 is 0 Å². The molecule has 0 fully saturated rings. The predicted molar refractivity (Wildman–Crippen MR) is 71.8 cm³/mol. The van der Waals surface area contributed by atoms with Crippen LogP contribution >= 0.6 is 0 Å². The summed E-state index contributed by atoms with van der Waals surface area (Å²) >= 11 is 0. The van der Waals surface area contributed by atoms with Crippen LogP contribution in [0, 0.1) is 11.3 Å². The highest BCUT2D eigenvalue weighted by atomic mass is 16.1. The van der Waals surface area contributed by atoms with Gasteiger partial charge in [0.15, 0.2) is 0 Å². The van der Waals surface area contributed by atoms with Gasteiger partial charge in [0.2, 0.25) is 5.78 Å². The Morgan fingerprint density at radius 3 is 2.68 bits per heavy atom. The summed E-state index contributed by atoms with van der Waals surface area (Å²) < 4.78 is 1.89. The van der Waals surface area contributed by atoms with Crippen LogP contribution in [0.5, 0.6) is 0 Å². The summed E-state index contributed by atoms with van der Waals surface area (Å²) in [6, 6.07) is 8.92. The first kappa shape index (κ1) is 13.0. The molecule has 0 saturated heterocycles. The van der Waals surface area contributed by atoms with Gasteiger partial charge in [-0.15, -0.1) is 0 Å². The predicted octanol–water partition coefficient (Wildman–Crippen LogP) is 2.96. The molecule has 1 aromatic heterocycles. The molecule has 0 saturated carbocycles. The van der Waals surface area contributed by atoms with Gasteiger partial charge in [-0.2, -0.15) is 5.26 Å². The van der Waals surface area contributed by atoms with E-state index in [0.29, 0.717) is 16.8 Å². The smallest absolute Gasteiger partial charge is 0.211 e. The third-order valence-electron chi connectivity index (χ3n) is 3.24. The third kappa shape index (κ3) is 2.55. The molecule has 0 aliphatic heterocycles. The number of nitrogens with zero attached hydrogens (tertiary/aromatic N) is 3. The van der Waals surface area contributed by atoms with Gasteiger partial charge in [-0.25, -0.2) is 4.98 Å². The molecule has 19 heavy (non-hydrogen) atoms. The highest BCUT2D eigenvalue weighted by Crippen LogP contribution is 2.17. The Labute approximate surface area is 112 Å². The standard InChI is InChI=1S/C15H15N3O/c1-3-11(2)18-10-17-9-14(18)15(19)13-6-4-12(8-16)5-7-13/h4-7,9-11H,3H2,1-2H3. The van der Waals surface area contributed by atoms with Crippen molar-refractivity contribution in [1.29, 1.82) is 5.26 Å². The fourth-order valence-corrected chi connectivity index (χ4v) is 1.87. The molecule has 4 heteroatoms. The van der Waals surface area contributed by atoms with Crippen molar-refractivity contribution in [2.75, 3.05) is 0 Å². The topological polar surface area (TPSA) is 58.7 Å². The Hall–Kier alpha value is -2.41. The average molecular weight is 253 g/mol. The molecular weight excluding hydrogens is 238 g/mol. The lowest BCUT2D eigenvalue weighted by atomic mass is 10.1. The molecule has 96 valence electrons. The first-order valence-corrected chi connectivity index (χ1v) is 6.24. The van der Waals surface area contributed by atoms with Gasteiger partial charge in [0.25, 0.3) is 0 Å². The fourth-order valence-electron chi connectivity index (χ4n) is 1.87. The van der Waals surface area contributed by atoms with Crippen LogP contribution in [0.2, 0.25) is 0 Å². The second-order valence-corrected chi connectivity index (χ2v) is 4.46. The second kappa shape index (κ2) is 5.49. The quantitative estimate of drug-likeness (QED) is 0.787. The summed E-state index contributed by atoms with van der Waals surface area (Å²) in [5, 5.41) is 8.75. The number of ketones is 1. The molecule has 0 aliphatic rings. The summed E-state index contributed by atoms with van der Waals surface area (Å²) in [4.78, 5) is 16.5. The van der Waals surface area contributed by atoms with Crippen LogP contribution in [0.4, 0.5) is 0 Å². The molecule has 1 aromatic carbocycles. The number of nitriles is 1. The first-order valence-electron chi connectivity index (χ1n) is 6.24. The third-order valence-corrected chi connectivity index (χ3v) is 3.24. The van der Waals surface area contributed by atoms with Crippen molar-refractivity contribution in [2.24, 2.45) is 0 Å². The summed E-state index contributed by atoms with van der Waals surface area (Å²) in [7, 11) is 0. The van der Waals surface area contributed by atoms with Gasteiger partial charge < -0.3 is 4.57 Å². The van der Waals surface area contributed by atoms with Crippen LogP contribution in [0.15, 0.2) is 36.8 Å². The number of hydrogen-bond acceptors (Lipinski definition) is 3. The molecule has 0 bridgehead atoms. The SMILES string of the molecule is CCC(C)n1cncc1C(=O)c1ccc(C#N)cc1.